The molecule has 2 aliphatic rings. The number of carbonyl (C=O) groups is 2. The van der Waals surface area contributed by atoms with Crippen molar-refractivity contribution >= 4 is 23.0 Å². The Hall–Kier alpha value is -2.64. The summed E-state index contributed by atoms with van der Waals surface area (Å²) in [5.74, 6) is -1.45. The molecule has 0 radical (unpaired) electrons. The van der Waals surface area contributed by atoms with E-state index in [0.717, 1.165) is 12.8 Å². The monoisotopic (exact) mass is 385 g/mol. The number of Topliss-reactive ketones (excluding diaryl/α,β-unsaturated/α-hetero) is 1. The summed E-state index contributed by atoms with van der Waals surface area (Å²) in [6.45, 7) is 0.925. The highest BCUT2D eigenvalue weighted by Crippen LogP contribution is 2.40. The fraction of sp³-hybridized carbons (Fsp3) is 0.300. The molecular weight excluding hydrogens is 366 g/mol. The molecule has 2 aromatic rings. The molecule has 7 heteroatoms. The van der Waals surface area contributed by atoms with Crippen LogP contribution in [0.1, 0.15) is 34.1 Å². The molecule has 1 saturated heterocycles. The number of phenols is 1. The van der Waals surface area contributed by atoms with Crippen molar-refractivity contribution in [2.24, 2.45) is 0 Å². The minimum absolute atomic E-state index is 0.0336. The quantitative estimate of drug-likeness (QED) is 0.772. The summed E-state index contributed by atoms with van der Waals surface area (Å²) in [7, 11) is 0. The standard InChI is InChI=1S/C20H19NO5S/c22-13-5-1-4-12(10-13)17-16(18(23)15-7-3-9-27-15)19(24)20(25)21(17)11-14-6-2-8-26-14/h1,3-5,7,9-10,14,17,22,24H,2,6,8,11H2/t14-,17+/m0/s1. The van der Waals surface area contributed by atoms with Gasteiger partial charge in [0.15, 0.2) is 5.76 Å². The first-order chi connectivity index (χ1) is 13.1. The molecule has 2 atom stereocenters. The molecule has 0 unspecified atom stereocenters. The maximum Gasteiger partial charge on any atom is 0.290 e. The van der Waals surface area contributed by atoms with Crippen LogP contribution in [-0.4, -0.2) is 46.1 Å². The van der Waals surface area contributed by atoms with Crippen molar-refractivity contribution in [2.45, 2.75) is 25.0 Å². The lowest BCUT2D eigenvalue weighted by atomic mass is 9.95. The number of carbonyl (C=O) groups excluding carboxylic acids is 2. The Morgan fingerprint density at radius 1 is 1.26 bits per heavy atom. The van der Waals surface area contributed by atoms with Crippen LogP contribution in [-0.2, 0) is 9.53 Å². The van der Waals surface area contributed by atoms with E-state index in [9.17, 15) is 19.8 Å². The molecule has 27 heavy (non-hydrogen) atoms. The molecule has 0 aliphatic carbocycles. The van der Waals surface area contributed by atoms with Crippen LogP contribution in [0.5, 0.6) is 5.75 Å². The van der Waals surface area contributed by atoms with Gasteiger partial charge in [-0.05, 0) is 42.0 Å². The van der Waals surface area contributed by atoms with Gasteiger partial charge in [0, 0.05) is 13.2 Å². The summed E-state index contributed by atoms with van der Waals surface area (Å²) < 4.78 is 5.65. The Morgan fingerprint density at radius 2 is 2.11 bits per heavy atom. The Bertz CT molecular complexity index is 899. The van der Waals surface area contributed by atoms with Crippen molar-refractivity contribution in [2.75, 3.05) is 13.2 Å². The van der Waals surface area contributed by atoms with Crippen LogP contribution in [0.25, 0.3) is 0 Å². The van der Waals surface area contributed by atoms with Crippen LogP contribution in [0, 0.1) is 0 Å². The average Bonchev–Trinajstić information content (AvgIpc) is 3.40. The molecule has 6 nitrogen and oxygen atoms in total. The van der Waals surface area contributed by atoms with E-state index < -0.39 is 17.7 Å². The second-order valence-corrected chi connectivity index (χ2v) is 7.61. The molecule has 3 heterocycles. The predicted octanol–water partition coefficient (Wildman–Crippen LogP) is 3.21. The van der Waals surface area contributed by atoms with E-state index in [1.54, 1.807) is 29.6 Å². The molecule has 2 aliphatic heterocycles. The third kappa shape index (κ3) is 3.24. The van der Waals surface area contributed by atoms with Gasteiger partial charge in [-0.25, -0.2) is 0 Å². The summed E-state index contributed by atoms with van der Waals surface area (Å²) in [6, 6.07) is 9.08. The summed E-state index contributed by atoms with van der Waals surface area (Å²) in [5, 5.41) is 22.2. The molecular formula is C20H19NO5S. The second kappa shape index (κ2) is 7.17. The fourth-order valence-corrected chi connectivity index (χ4v) is 4.34. The molecule has 1 fully saturated rings. The van der Waals surface area contributed by atoms with Crippen molar-refractivity contribution in [3.63, 3.8) is 0 Å². The lowest BCUT2D eigenvalue weighted by molar-refractivity contribution is -0.131. The molecule has 2 N–H and O–H groups in total. The van der Waals surface area contributed by atoms with Crippen LogP contribution in [0.4, 0.5) is 0 Å². The number of aliphatic hydroxyl groups excluding tert-OH is 1. The van der Waals surface area contributed by atoms with Gasteiger partial charge in [-0.15, -0.1) is 11.3 Å². The van der Waals surface area contributed by atoms with Gasteiger partial charge in [-0.2, -0.15) is 0 Å². The number of aromatic hydroxyl groups is 1. The molecule has 0 spiro atoms. The van der Waals surface area contributed by atoms with E-state index in [4.69, 9.17) is 4.74 Å². The first-order valence-electron chi connectivity index (χ1n) is 8.79. The highest BCUT2D eigenvalue weighted by molar-refractivity contribution is 7.12. The van der Waals surface area contributed by atoms with Crippen molar-refractivity contribution in [1.29, 1.82) is 0 Å². The van der Waals surface area contributed by atoms with Gasteiger partial charge in [0.1, 0.15) is 5.75 Å². The Kier molecular flexibility index (Phi) is 4.72. The molecule has 1 aromatic heterocycles. The van der Waals surface area contributed by atoms with E-state index >= 15 is 0 Å². The molecule has 1 aromatic carbocycles. The number of hydrogen-bond acceptors (Lipinski definition) is 6. The largest absolute Gasteiger partial charge is 0.508 e. The number of amides is 1. The molecule has 1 amide bonds. The zero-order valence-electron chi connectivity index (χ0n) is 14.5. The molecule has 4 rings (SSSR count). The Balaban J connectivity index is 1.76. The number of ether oxygens (including phenoxy) is 1. The number of rotatable bonds is 5. The molecule has 140 valence electrons. The summed E-state index contributed by atoms with van der Waals surface area (Å²) >= 11 is 1.26. The second-order valence-electron chi connectivity index (χ2n) is 6.66. The molecule has 0 saturated carbocycles. The van der Waals surface area contributed by atoms with Gasteiger partial charge < -0.3 is 19.8 Å². The van der Waals surface area contributed by atoms with Crippen molar-refractivity contribution in [1.82, 2.24) is 4.90 Å². The number of aliphatic hydroxyl groups is 1. The van der Waals surface area contributed by atoms with Gasteiger partial charge in [0.05, 0.1) is 22.6 Å². The van der Waals surface area contributed by atoms with Crippen LogP contribution in [0.2, 0.25) is 0 Å². The third-order valence-electron chi connectivity index (χ3n) is 4.90. The highest BCUT2D eigenvalue weighted by Gasteiger charge is 2.45. The lowest BCUT2D eigenvalue weighted by Crippen LogP contribution is -2.37. The van der Waals surface area contributed by atoms with Gasteiger partial charge in [0.2, 0.25) is 5.78 Å². The lowest BCUT2D eigenvalue weighted by Gasteiger charge is -2.28. The minimum atomic E-state index is -0.761. The first-order valence-corrected chi connectivity index (χ1v) is 9.67. The first kappa shape index (κ1) is 17.8. The van der Waals surface area contributed by atoms with E-state index in [1.165, 1.54) is 28.4 Å². The van der Waals surface area contributed by atoms with Crippen molar-refractivity contribution < 1.29 is 24.5 Å². The zero-order chi connectivity index (χ0) is 19.0. The van der Waals surface area contributed by atoms with Crippen LogP contribution in [0.15, 0.2) is 53.1 Å². The fourth-order valence-electron chi connectivity index (χ4n) is 3.66. The van der Waals surface area contributed by atoms with Crippen LogP contribution in [0.3, 0.4) is 0 Å². The van der Waals surface area contributed by atoms with E-state index in [0.29, 0.717) is 17.0 Å². The maximum atomic E-state index is 13.0. The number of hydrogen-bond donors (Lipinski definition) is 2. The van der Waals surface area contributed by atoms with Crippen LogP contribution < -0.4 is 0 Å². The predicted molar refractivity (Wildman–Crippen MR) is 99.8 cm³/mol. The molecule has 0 bridgehead atoms. The van der Waals surface area contributed by atoms with Gasteiger partial charge in [0.25, 0.3) is 5.91 Å². The number of benzene rings is 1. The Morgan fingerprint density at radius 3 is 2.78 bits per heavy atom. The van der Waals surface area contributed by atoms with Crippen molar-refractivity contribution in [3.05, 3.63) is 63.6 Å². The van der Waals surface area contributed by atoms with Crippen LogP contribution >= 0.6 is 11.3 Å². The minimum Gasteiger partial charge on any atom is -0.508 e. The van der Waals surface area contributed by atoms with Gasteiger partial charge >= 0.3 is 0 Å². The van der Waals surface area contributed by atoms with E-state index in [-0.39, 0.29) is 29.8 Å². The number of ketones is 1. The maximum absolute atomic E-state index is 13.0. The summed E-state index contributed by atoms with van der Waals surface area (Å²) in [4.78, 5) is 27.8. The third-order valence-corrected chi connectivity index (χ3v) is 5.77. The van der Waals surface area contributed by atoms with Gasteiger partial charge in [-0.3, -0.25) is 9.59 Å². The number of nitrogens with zero attached hydrogens (tertiary/aromatic N) is 1. The number of thiophene rings is 1. The van der Waals surface area contributed by atoms with E-state index in [2.05, 4.69) is 0 Å². The average molecular weight is 385 g/mol. The summed E-state index contributed by atoms with van der Waals surface area (Å²) in [5.41, 5.74) is 0.622. The SMILES string of the molecule is O=C(C1=C(O)C(=O)N(C[C@@H]2CCCO2)[C@@H]1c1cccc(O)c1)c1cccs1. The van der Waals surface area contributed by atoms with Crippen molar-refractivity contribution in [3.8, 4) is 5.75 Å². The van der Waals surface area contributed by atoms with Gasteiger partial charge in [-0.1, -0.05) is 18.2 Å². The Labute approximate surface area is 160 Å². The topological polar surface area (TPSA) is 87.1 Å². The smallest absolute Gasteiger partial charge is 0.290 e. The zero-order valence-corrected chi connectivity index (χ0v) is 15.3. The highest BCUT2D eigenvalue weighted by atomic mass is 32.1. The van der Waals surface area contributed by atoms with E-state index in [1.807, 2.05) is 0 Å². The number of phenolic OH excluding ortho intramolecular Hbond substituents is 1. The normalized spacial score (nSPS) is 22.7. The summed E-state index contributed by atoms with van der Waals surface area (Å²) in [6.07, 6.45) is 1.62.